The smallest absolute Gasteiger partial charge is 0.119 e. The summed E-state index contributed by atoms with van der Waals surface area (Å²) in [7, 11) is 1.71. The minimum Gasteiger partial charge on any atom is -0.497 e. The van der Waals surface area contributed by atoms with Crippen LogP contribution >= 0.6 is 0 Å². The molecule has 27 heavy (non-hydrogen) atoms. The molecule has 1 aliphatic heterocycles. The fourth-order valence-electron chi connectivity index (χ4n) is 3.96. The van der Waals surface area contributed by atoms with Gasteiger partial charge in [0, 0.05) is 23.7 Å². The standard InChI is InChI=1S/C23H27N3O/c1-17-6-8-18(9-7-17)16-26-12-10-19(11-13-26)23-22(15-24-25-23)20-4-3-5-21(14-20)27-2/h3-9,14-15,19H,10-13,16H2,1-2H3,(H,24,25). The van der Waals surface area contributed by atoms with Crippen LogP contribution in [0, 0.1) is 6.92 Å². The summed E-state index contributed by atoms with van der Waals surface area (Å²) in [5.74, 6) is 1.41. The van der Waals surface area contributed by atoms with Crippen LogP contribution in [0.3, 0.4) is 0 Å². The van der Waals surface area contributed by atoms with Gasteiger partial charge < -0.3 is 4.74 Å². The lowest BCUT2D eigenvalue weighted by molar-refractivity contribution is 0.203. The van der Waals surface area contributed by atoms with Crippen LogP contribution in [0.25, 0.3) is 11.1 Å². The van der Waals surface area contributed by atoms with Gasteiger partial charge in [-0.3, -0.25) is 10.00 Å². The number of rotatable bonds is 5. The molecule has 0 spiro atoms. The van der Waals surface area contributed by atoms with Crippen molar-refractivity contribution in [2.24, 2.45) is 0 Å². The lowest BCUT2D eigenvalue weighted by atomic mass is 9.89. The van der Waals surface area contributed by atoms with Gasteiger partial charge in [-0.2, -0.15) is 5.10 Å². The van der Waals surface area contributed by atoms with Crippen LogP contribution in [0.1, 0.15) is 35.6 Å². The van der Waals surface area contributed by atoms with E-state index in [0.717, 1.165) is 38.2 Å². The Morgan fingerprint density at radius 3 is 2.63 bits per heavy atom. The first kappa shape index (κ1) is 17.8. The Morgan fingerprint density at radius 2 is 1.89 bits per heavy atom. The van der Waals surface area contributed by atoms with E-state index in [1.165, 1.54) is 27.9 Å². The van der Waals surface area contributed by atoms with Crippen molar-refractivity contribution >= 4 is 0 Å². The van der Waals surface area contributed by atoms with Crippen LogP contribution in [0.5, 0.6) is 5.75 Å². The topological polar surface area (TPSA) is 41.1 Å². The van der Waals surface area contributed by atoms with Gasteiger partial charge in [0.1, 0.15) is 5.75 Å². The van der Waals surface area contributed by atoms with Crippen molar-refractivity contribution in [3.05, 3.63) is 71.5 Å². The average Bonchev–Trinajstić information content (AvgIpc) is 3.20. The van der Waals surface area contributed by atoms with Crippen molar-refractivity contribution in [2.75, 3.05) is 20.2 Å². The summed E-state index contributed by atoms with van der Waals surface area (Å²) in [6.07, 6.45) is 4.26. The molecule has 4 nitrogen and oxygen atoms in total. The van der Waals surface area contributed by atoms with E-state index in [2.05, 4.69) is 58.4 Å². The van der Waals surface area contributed by atoms with Crippen LogP contribution < -0.4 is 4.74 Å². The molecule has 1 saturated heterocycles. The summed E-state index contributed by atoms with van der Waals surface area (Å²) in [6.45, 7) is 5.42. The summed E-state index contributed by atoms with van der Waals surface area (Å²) in [5, 5.41) is 7.62. The van der Waals surface area contributed by atoms with E-state index in [0.29, 0.717) is 5.92 Å². The number of likely N-dealkylation sites (tertiary alicyclic amines) is 1. The zero-order valence-electron chi connectivity index (χ0n) is 16.1. The first-order valence-corrected chi connectivity index (χ1v) is 9.68. The van der Waals surface area contributed by atoms with Crippen LogP contribution in [-0.2, 0) is 6.54 Å². The van der Waals surface area contributed by atoms with E-state index in [-0.39, 0.29) is 0 Å². The third-order valence-corrected chi connectivity index (χ3v) is 5.57. The average molecular weight is 361 g/mol. The first-order valence-electron chi connectivity index (χ1n) is 9.68. The van der Waals surface area contributed by atoms with Gasteiger partial charge in [-0.15, -0.1) is 0 Å². The summed E-state index contributed by atoms with van der Waals surface area (Å²) < 4.78 is 5.38. The van der Waals surface area contributed by atoms with Crippen molar-refractivity contribution < 1.29 is 4.74 Å². The minimum absolute atomic E-state index is 0.531. The van der Waals surface area contributed by atoms with E-state index in [1.807, 2.05) is 18.3 Å². The zero-order valence-corrected chi connectivity index (χ0v) is 16.1. The number of aromatic nitrogens is 2. The quantitative estimate of drug-likeness (QED) is 0.711. The maximum Gasteiger partial charge on any atom is 0.119 e. The zero-order chi connectivity index (χ0) is 18.6. The summed E-state index contributed by atoms with van der Waals surface area (Å²) in [6, 6.07) is 17.1. The van der Waals surface area contributed by atoms with Gasteiger partial charge in [-0.05, 0) is 56.1 Å². The molecular weight excluding hydrogens is 334 g/mol. The SMILES string of the molecule is COc1cccc(-c2cn[nH]c2C2CCN(Cc3ccc(C)cc3)CC2)c1. The molecule has 1 N–H and O–H groups in total. The van der Waals surface area contributed by atoms with Gasteiger partial charge in [0.25, 0.3) is 0 Å². The van der Waals surface area contributed by atoms with Crippen molar-refractivity contribution in [1.82, 2.24) is 15.1 Å². The molecule has 0 aliphatic carbocycles. The first-order chi connectivity index (χ1) is 13.2. The van der Waals surface area contributed by atoms with Crippen molar-refractivity contribution in [1.29, 1.82) is 0 Å². The fourth-order valence-corrected chi connectivity index (χ4v) is 3.96. The van der Waals surface area contributed by atoms with Gasteiger partial charge in [-0.25, -0.2) is 0 Å². The molecule has 2 heterocycles. The second-order valence-corrected chi connectivity index (χ2v) is 7.47. The van der Waals surface area contributed by atoms with Gasteiger partial charge >= 0.3 is 0 Å². The Bertz CT molecular complexity index is 877. The highest BCUT2D eigenvalue weighted by molar-refractivity contribution is 5.67. The second-order valence-electron chi connectivity index (χ2n) is 7.47. The minimum atomic E-state index is 0.531. The van der Waals surface area contributed by atoms with Crippen molar-refractivity contribution in [3.8, 4) is 16.9 Å². The summed E-state index contributed by atoms with van der Waals surface area (Å²) in [5.41, 5.74) is 6.35. The molecule has 0 saturated carbocycles. The molecule has 0 bridgehead atoms. The molecule has 140 valence electrons. The summed E-state index contributed by atoms with van der Waals surface area (Å²) in [4.78, 5) is 2.56. The van der Waals surface area contributed by atoms with Crippen LogP contribution in [0.2, 0.25) is 0 Å². The third-order valence-electron chi connectivity index (χ3n) is 5.57. The molecule has 1 aliphatic rings. The lowest BCUT2D eigenvalue weighted by Crippen LogP contribution is -2.32. The molecule has 1 aromatic heterocycles. The highest BCUT2D eigenvalue weighted by atomic mass is 16.5. The molecule has 1 fully saturated rings. The molecule has 2 aromatic carbocycles. The third kappa shape index (κ3) is 4.06. The Balaban J connectivity index is 1.43. The molecule has 0 unspecified atom stereocenters. The number of aryl methyl sites for hydroxylation is 1. The number of benzene rings is 2. The fraction of sp³-hybridized carbons (Fsp3) is 0.348. The molecular formula is C23H27N3O. The summed E-state index contributed by atoms with van der Waals surface area (Å²) >= 11 is 0. The monoisotopic (exact) mass is 361 g/mol. The molecule has 3 aromatic rings. The van der Waals surface area contributed by atoms with Gasteiger partial charge in [0.15, 0.2) is 0 Å². The van der Waals surface area contributed by atoms with Crippen molar-refractivity contribution in [2.45, 2.75) is 32.2 Å². The molecule has 4 rings (SSSR count). The number of piperidine rings is 1. The predicted molar refractivity (Wildman–Crippen MR) is 109 cm³/mol. The highest BCUT2D eigenvalue weighted by Crippen LogP contribution is 2.35. The van der Waals surface area contributed by atoms with Gasteiger partial charge in [0.2, 0.25) is 0 Å². The Hall–Kier alpha value is -2.59. The highest BCUT2D eigenvalue weighted by Gasteiger charge is 2.24. The van der Waals surface area contributed by atoms with E-state index in [9.17, 15) is 0 Å². The van der Waals surface area contributed by atoms with Crippen LogP contribution in [-0.4, -0.2) is 35.3 Å². The predicted octanol–water partition coefficient (Wildman–Crippen LogP) is 4.77. The molecule has 4 heteroatoms. The number of nitrogens with one attached hydrogen (secondary N) is 1. The number of methoxy groups -OCH3 is 1. The maximum atomic E-state index is 5.38. The number of ether oxygens (including phenoxy) is 1. The Morgan fingerprint density at radius 1 is 1.11 bits per heavy atom. The number of H-pyrrole nitrogens is 1. The number of aromatic amines is 1. The molecule has 0 atom stereocenters. The van der Waals surface area contributed by atoms with E-state index in [4.69, 9.17) is 4.74 Å². The van der Waals surface area contributed by atoms with E-state index in [1.54, 1.807) is 7.11 Å². The Kier molecular flexibility index (Phi) is 5.26. The van der Waals surface area contributed by atoms with Gasteiger partial charge in [-0.1, -0.05) is 42.0 Å². The maximum absolute atomic E-state index is 5.38. The van der Waals surface area contributed by atoms with Gasteiger partial charge in [0.05, 0.1) is 13.3 Å². The van der Waals surface area contributed by atoms with Crippen molar-refractivity contribution in [3.63, 3.8) is 0 Å². The van der Waals surface area contributed by atoms with Crippen LogP contribution in [0.4, 0.5) is 0 Å². The Labute approximate surface area is 161 Å². The number of hydrogen-bond donors (Lipinski definition) is 1. The molecule has 0 radical (unpaired) electrons. The normalized spacial score (nSPS) is 15.8. The number of hydrogen-bond acceptors (Lipinski definition) is 3. The van der Waals surface area contributed by atoms with E-state index >= 15 is 0 Å². The lowest BCUT2D eigenvalue weighted by Gasteiger charge is -2.32. The van der Waals surface area contributed by atoms with Crippen LogP contribution in [0.15, 0.2) is 54.7 Å². The largest absolute Gasteiger partial charge is 0.497 e. The van der Waals surface area contributed by atoms with E-state index < -0.39 is 0 Å². The number of nitrogens with zero attached hydrogens (tertiary/aromatic N) is 2. The molecule has 0 amide bonds. The second kappa shape index (κ2) is 7.97.